The molecule has 1 aliphatic heterocycles. The summed E-state index contributed by atoms with van der Waals surface area (Å²) in [6.45, 7) is 0.0765. The zero-order valence-corrected chi connectivity index (χ0v) is 19.9. The lowest BCUT2D eigenvalue weighted by Gasteiger charge is -2.19. The predicted molar refractivity (Wildman–Crippen MR) is 139 cm³/mol. The van der Waals surface area contributed by atoms with Gasteiger partial charge >= 0.3 is 0 Å². The van der Waals surface area contributed by atoms with E-state index in [4.69, 9.17) is 5.73 Å². The zero-order valence-electron chi connectivity index (χ0n) is 19.9. The number of anilines is 3. The van der Waals surface area contributed by atoms with E-state index in [1.807, 2.05) is 12.1 Å². The normalized spacial score (nSPS) is 17.8. The maximum absolute atomic E-state index is 13.2. The molecule has 0 radical (unpaired) electrons. The van der Waals surface area contributed by atoms with Crippen LogP contribution < -0.4 is 16.4 Å². The highest BCUT2D eigenvalue weighted by Crippen LogP contribution is 2.34. The highest BCUT2D eigenvalue weighted by Gasteiger charge is 2.39. The smallest absolute Gasteiger partial charge is 0.251 e. The summed E-state index contributed by atoms with van der Waals surface area (Å²) in [6.07, 6.45) is 0.527. The number of hydrogen-bond acceptors (Lipinski definition) is 4. The monoisotopic (exact) mass is 508 g/mol. The summed E-state index contributed by atoms with van der Waals surface area (Å²) in [5.74, 6) is -1.93. The van der Waals surface area contributed by atoms with Crippen molar-refractivity contribution >= 4 is 35.0 Å². The number of carbonyl (C=O) groups excluding carboxylic acids is 2. The third kappa shape index (κ3) is 6.98. The fraction of sp³-hybridized carbons (Fsp3) is 0.214. The second-order valence-corrected chi connectivity index (χ2v) is 8.90. The molecular weight excluding hydrogens is 481 g/mol. The average Bonchev–Trinajstić information content (AvgIpc) is 3.29. The molecule has 3 aromatic carbocycles. The number of carbonyl (C=O) groups is 2. The summed E-state index contributed by atoms with van der Waals surface area (Å²) in [6, 6.07) is 19.6. The first-order chi connectivity index (χ1) is 17.8. The molecule has 0 aromatic heterocycles. The van der Waals surface area contributed by atoms with Crippen molar-refractivity contribution in [3.63, 3.8) is 0 Å². The van der Waals surface area contributed by atoms with E-state index < -0.39 is 24.7 Å². The molecule has 0 aliphatic carbocycles. The van der Waals surface area contributed by atoms with Gasteiger partial charge in [-0.15, -0.1) is 0 Å². The predicted octanol–water partition coefficient (Wildman–Crippen LogP) is 4.98. The highest BCUT2D eigenvalue weighted by atomic mass is 19.3. The molecule has 2 amide bonds. The Morgan fingerprint density at radius 1 is 0.973 bits per heavy atom. The van der Waals surface area contributed by atoms with E-state index in [9.17, 15) is 22.8 Å². The fourth-order valence-corrected chi connectivity index (χ4v) is 4.41. The Morgan fingerprint density at radius 2 is 1.68 bits per heavy atom. The molecule has 37 heavy (non-hydrogen) atoms. The molecule has 0 saturated carbocycles. The van der Waals surface area contributed by atoms with Crippen LogP contribution in [0.5, 0.6) is 0 Å². The van der Waals surface area contributed by atoms with Crippen molar-refractivity contribution in [2.45, 2.75) is 12.3 Å². The number of amides is 2. The van der Waals surface area contributed by atoms with Crippen molar-refractivity contribution in [3.8, 4) is 0 Å². The van der Waals surface area contributed by atoms with Gasteiger partial charge in [0.05, 0.1) is 23.8 Å². The quantitative estimate of drug-likeness (QED) is 0.296. The molecule has 4 rings (SSSR count). The van der Waals surface area contributed by atoms with Gasteiger partial charge in [-0.05, 0) is 53.6 Å². The molecule has 1 fully saturated rings. The molecule has 4 N–H and O–H groups in total. The van der Waals surface area contributed by atoms with Crippen LogP contribution in [0.4, 0.5) is 30.2 Å². The Labute approximate surface area is 213 Å². The minimum Gasteiger partial charge on any atom is -0.397 e. The van der Waals surface area contributed by atoms with Crippen LogP contribution in [0.15, 0.2) is 78.9 Å². The topological polar surface area (TPSA) is 87.5 Å². The van der Waals surface area contributed by atoms with Crippen LogP contribution in [0.3, 0.4) is 0 Å². The van der Waals surface area contributed by atoms with Crippen LogP contribution in [0.1, 0.15) is 17.0 Å². The number of nitrogens with two attached hydrogens (primary N) is 1. The summed E-state index contributed by atoms with van der Waals surface area (Å²) < 4.78 is 39.3. The number of alkyl halides is 2. The van der Waals surface area contributed by atoms with Gasteiger partial charge in [0.1, 0.15) is 5.82 Å². The second kappa shape index (κ2) is 11.7. The molecule has 2 unspecified atom stereocenters. The first kappa shape index (κ1) is 26.0. The van der Waals surface area contributed by atoms with Gasteiger partial charge in [0.25, 0.3) is 6.43 Å². The van der Waals surface area contributed by atoms with Crippen LogP contribution in [0, 0.1) is 11.7 Å². The van der Waals surface area contributed by atoms with Crippen molar-refractivity contribution in [3.05, 3.63) is 95.8 Å². The van der Waals surface area contributed by atoms with Crippen LogP contribution >= 0.6 is 0 Å². The summed E-state index contributed by atoms with van der Waals surface area (Å²) in [5.41, 5.74) is 8.85. The molecule has 0 bridgehead atoms. The van der Waals surface area contributed by atoms with Crippen LogP contribution in [0.25, 0.3) is 6.08 Å². The Morgan fingerprint density at radius 3 is 2.35 bits per heavy atom. The largest absolute Gasteiger partial charge is 0.397 e. The van der Waals surface area contributed by atoms with Gasteiger partial charge in [-0.1, -0.05) is 36.4 Å². The van der Waals surface area contributed by atoms with Crippen LogP contribution in [-0.2, 0) is 9.59 Å². The summed E-state index contributed by atoms with van der Waals surface area (Å²) in [5, 5.41) is 5.48. The van der Waals surface area contributed by atoms with E-state index in [-0.39, 0.29) is 24.3 Å². The summed E-state index contributed by atoms with van der Waals surface area (Å²) >= 11 is 0. The number of likely N-dealkylation sites (tertiary alicyclic amines) is 1. The van der Waals surface area contributed by atoms with Gasteiger partial charge in [-0.25, -0.2) is 13.2 Å². The van der Waals surface area contributed by atoms with Crippen molar-refractivity contribution in [1.29, 1.82) is 0 Å². The standard InChI is InChI=1S/C28H27F3N4O2/c29-20-10-12-21(13-11-20)33-28(37)23-16-35(17-26(30)31)15-22(23)19-8-5-18(6-9-19)7-14-27(36)34-25-4-2-1-3-24(25)32/h1-14,22-23,26H,15-17,32H2,(H,33,37)(H,34,36)/b14-7+. The van der Waals surface area contributed by atoms with Gasteiger partial charge in [0, 0.05) is 30.8 Å². The Hall–Kier alpha value is -4.11. The minimum absolute atomic E-state index is 0.187. The number of nitrogen functional groups attached to an aromatic ring is 1. The van der Waals surface area contributed by atoms with Crippen LogP contribution in [-0.4, -0.2) is 42.8 Å². The summed E-state index contributed by atoms with van der Waals surface area (Å²) in [7, 11) is 0. The van der Waals surface area contributed by atoms with Gasteiger partial charge in [0.2, 0.25) is 11.8 Å². The van der Waals surface area contributed by atoms with E-state index in [2.05, 4.69) is 10.6 Å². The number of benzene rings is 3. The third-order valence-electron chi connectivity index (χ3n) is 6.25. The van der Waals surface area contributed by atoms with E-state index in [1.165, 1.54) is 30.3 Å². The Balaban J connectivity index is 1.45. The molecular formula is C28H27F3N4O2. The highest BCUT2D eigenvalue weighted by molar-refractivity contribution is 6.03. The molecule has 6 nitrogen and oxygen atoms in total. The molecule has 1 heterocycles. The summed E-state index contributed by atoms with van der Waals surface area (Å²) in [4.78, 5) is 26.9. The molecule has 0 spiro atoms. The molecule has 1 aliphatic rings. The Bertz CT molecular complexity index is 1260. The van der Waals surface area contributed by atoms with E-state index in [0.29, 0.717) is 23.6 Å². The number of nitrogens with one attached hydrogen (secondary N) is 2. The first-order valence-electron chi connectivity index (χ1n) is 11.8. The number of halogens is 3. The Kier molecular flexibility index (Phi) is 8.25. The van der Waals surface area contributed by atoms with Crippen LogP contribution in [0.2, 0.25) is 0 Å². The molecule has 9 heteroatoms. The number of nitrogens with zero attached hydrogens (tertiary/aromatic N) is 1. The SMILES string of the molecule is Nc1ccccc1NC(=O)/C=C/c1ccc(C2CN(CC(F)F)CC2C(=O)Nc2ccc(F)cc2)cc1. The maximum Gasteiger partial charge on any atom is 0.251 e. The molecule has 3 aromatic rings. The van der Waals surface area contributed by atoms with E-state index in [1.54, 1.807) is 47.4 Å². The fourth-order valence-electron chi connectivity index (χ4n) is 4.41. The number of rotatable bonds is 8. The van der Waals surface area contributed by atoms with Gasteiger partial charge in [-0.3, -0.25) is 14.5 Å². The molecule has 192 valence electrons. The molecule has 2 atom stereocenters. The lowest BCUT2D eigenvalue weighted by Crippen LogP contribution is -2.30. The average molecular weight is 509 g/mol. The van der Waals surface area contributed by atoms with Gasteiger partial charge in [0.15, 0.2) is 0 Å². The van der Waals surface area contributed by atoms with Crippen molar-refractivity contribution < 1.29 is 22.8 Å². The van der Waals surface area contributed by atoms with Crippen molar-refractivity contribution in [1.82, 2.24) is 4.90 Å². The first-order valence-corrected chi connectivity index (χ1v) is 11.8. The van der Waals surface area contributed by atoms with E-state index >= 15 is 0 Å². The maximum atomic E-state index is 13.2. The molecule has 1 saturated heterocycles. The number of hydrogen-bond donors (Lipinski definition) is 3. The van der Waals surface area contributed by atoms with Gasteiger partial charge in [-0.2, -0.15) is 0 Å². The zero-order chi connectivity index (χ0) is 26.4. The van der Waals surface area contributed by atoms with Crippen molar-refractivity contribution in [2.24, 2.45) is 5.92 Å². The van der Waals surface area contributed by atoms with E-state index in [0.717, 1.165) is 11.1 Å². The number of para-hydroxylation sites is 2. The lowest BCUT2D eigenvalue weighted by molar-refractivity contribution is -0.120. The van der Waals surface area contributed by atoms with Gasteiger partial charge < -0.3 is 16.4 Å². The van der Waals surface area contributed by atoms with Crippen molar-refractivity contribution in [2.75, 3.05) is 36.0 Å². The second-order valence-electron chi connectivity index (χ2n) is 8.90. The minimum atomic E-state index is -2.51. The lowest BCUT2D eigenvalue weighted by atomic mass is 9.88. The third-order valence-corrected chi connectivity index (χ3v) is 6.25.